The molecule has 5 nitrogen and oxygen atoms in total. The first-order valence-electron chi connectivity index (χ1n) is 22.8. The summed E-state index contributed by atoms with van der Waals surface area (Å²) in [4.78, 5) is 16.3. The average molecular weight is 1120 g/mol. The third kappa shape index (κ3) is 7.69. The molecule has 10 bridgehead atoms. The van der Waals surface area contributed by atoms with Crippen molar-refractivity contribution in [3.63, 3.8) is 0 Å². The van der Waals surface area contributed by atoms with Gasteiger partial charge in [0.25, 0.3) is 0 Å². The van der Waals surface area contributed by atoms with Crippen molar-refractivity contribution in [2.24, 2.45) is 0 Å². The van der Waals surface area contributed by atoms with Gasteiger partial charge in [-0.25, -0.2) is 97.8 Å². The number of halogens is 20. The molecule has 0 unspecified atom stereocenters. The van der Waals surface area contributed by atoms with Crippen molar-refractivity contribution >= 4 is 55.4 Å². The minimum Gasteiger partial charge on any atom is -0.354 e. The Morgan fingerprint density at radius 3 is 0.633 bits per heavy atom. The summed E-state index contributed by atoms with van der Waals surface area (Å²) < 4.78 is 311. The maximum atomic E-state index is 16.3. The average Bonchev–Trinajstić information content (AvgIpc) is 4.42. The standard InChI is InChI=1S/C54H25F20N5/c1-5-15-13(3)51-25(29-35(59)43(67)49(73)44(68)36(29)60)21-11-9-19(76-21)23(27-31(55)39(63)47(71)40(64)32(27)56)17-7-8-18(75-17)24(28-33(57)41(65)48(72)42(66)34(28)58)20-10-12-22(77-20)26(30-37(61)45(69)50(74)46(70)38(30)62)52-14(4)16(6-2)54(79-52)53(15)78-51/h7-12,75-77H,5-6H2,1-4H3. The Kier molecular flexibility index (Phi) is 13.0. The van der Waals surface area contributed by atoms with Crippen molar-refractivity contribution in [1.82, 2.24) is 24.9 Å². The summed E-state index contributed by atoms with van der Waals surface area (Å²) in [5.74, 6) is -51.7. The summed E-state index contributed by atoms with van der Waals surface area (Å²) in [6.45, 7) is 5.44. The fourth-order valence-corrected chi connectivity index (χ4v) is 9.86. The smallest absolute Gasteiger partial charge is 0.200 e. The van der Waals surface area contributed by atoms with Crippen LogP contribution in [-0.2, 0) is 0 Å². The largest absolute Gasteiger partial charge is 0.354 e. The highest BCUT2D eigenvalue weighted by molar-refractivity contribution is 6.07. The highest BCUT2D eigenvalue weighted by Crippen LogP contribution is 2.49. The Morgan fingerprint density at radius 1 is 0.253 bits per heavy atom. The van der Waals surface area contributed by atoms with Crippen LogP contribution in [0.5, 0.6) is 0 Å². The number of allylic oxidation sites excluding steroid dienone is 4. The number of fused-ring (bicyclic) bond motifs is 11. The third-order valence-corrected chi connectivity index (χ3v) is 13.6. The molecular formula is C54H25F20N5. The molecule has 8 aromatic rings. The maximum absolute atomic E-state index is 16.3. The molecule has 4 aromatic carbocycles. The van der Waals surface area contributed by atoms with Gasteiger partial charge in [0.1, 0.15) is 0 Å². The van der Waals surface area contributed by atoms with E-state index in [1.807, 2.05) is 0 Å². The van der Waals surface area contributed by atoms with E-state index in [1.165, 1.54) is 27.7 Å². The fraction of sp³-hybridized carbons (Fsp3) is 0.111. The lowest BCUT2D eigenvalue weighted by Gasteiger charge is -2.12. The molecule has 0 fully saturated rings. The van der Waals surface area contributed by atoms with Crippen LogP contribution < -0.4 is 0 Å². The van der Waals surface area contributed by atoms with Crippen molar-refractivity contribution in [2.45, 2.75) is 40.5 Å². The molecule has 0 aliphatic carbocycles. The van der Waals surface area contributed by atoms with Crippen LogP contribution in [0.1, 0.15) is 63.3 Å². The number of aromatic nitrogens is 5. The van der Waals surface area contributed by atoms with E-state index in [0.29, 0.717) is 12.1 Å². The predicted octanol–water partition coefficient (Wildman–Crippen LogP) is 17.5. The van der Waals surface area contributed by atoms with Gasteiger partial charge in [-0.05, 0) is 85.4 Å². The molecule has 406 valence electrons. The topological polar surface area (TPSA) is 73.2 Å². The summed E-state index contributed by atoms with van der Waals surface area (Å²) in [6, 6.07) is 4.39. The lowest BCUT2D eigenvalue weighted by atomic mass is 9.94. The van der Waals surface area contributed by atoms with Crippen LogP contribution in [0.15, 0.2) is 36.4 Å². The van der Waals surface area contributed by atoms with Crippen molar-refractivity contribution in [1.29, 1.82) is 0 Å². The van der Waals surface area contributed by atoms with Gasteiger partial charge in [0.05, 0.1) is 45.0 Å². The number of hydrogen-bond donors (Lipinski definition) is 3. The maximum Gasteiger partial charge on any atom is 0.200 e. The number of H-pyrrole nitrogens is 3. The van der Waals surface area contributed by atoms with Crippen molar-refractivity contribution in [3.8, 4) is 44.5 Å². The first kappa shape index (κ1) is 53.7. The van der Waals surface area contributed by atoms with Crippen LogP contribution in [0, 0.1) is 116 Å². The van der Waals surface area contributed by atoms with Crippen LogP contribution in [0.25, 0.3) is 99.9 Å². The predicted molar refractivity (Wildman–Crippen MR) is 248 cm³/mol. The summed E-state index contributed by atoms with van der Waals surface area (Å²) >= 11 is 0. The number of nitrogens with zero attached hydrogens (tertiary/aromatic N) is 2. The first-order chi connectivity index (χ1) is 37.3. The Labute approximate surface area is 427 Å². The second kappa shape index (κ2) is 19.1. The van der Waals surface area contributed by atoms with E-state index in [9.17, 15) is 17.6 Å². The molecule has 25 heteroatoms. The van der Waals surface area contributed by atoms with Gasteiger partial charge in [-0.15, -0.1) is 0 Å². The number of nitrogens with one attached hydrogen (secondary N) is 3. The quantitative estimate of drug-likeness (QED) is 0.0882. The van der Waals surface area contributed by atoms with E-state index in [0.717, 1.165) is 24.3 Å². The van der Waals surface area contributed by atoms with Crippen molar-refractivity contribution in [3.05, 3.63) is 176 Å². The van der Waals surface area contributed by atoms with E-state index in [4.69, 9.17) is 0 Å². The molecule has 4 aromatic heterocycles. The fourth-order valence-electron chi connectivity index (χ4n) is 9.86. The van der Waals surface area contributed by atoms with Crippen LogP contribution in [0.3, 0.4) is 0 Å². The zero-order chi connectivity index (χ0) is 57.4. The molecule has 2 aliphatic heterocycles. The lowest BCUT2D eigenvalue weighted by Crippen LogP contribution is -2.05. The lowest BCUT2D eigenvalue weighted by molar-refractivity contribution is 0.381. The van der Waals surface area contributed by atoms with Crippen LogP contribution in [0.2, 0.25) is 0 Å². The molecule has 0 atom stereocenters. The van der Waals surface area contributed by atoms with Gasteiger partial charge < -0.3 is 15.0 Å². The summed E-state index contributed by atoms with van der Waals surface area (Å²) in [7, 11) is 0. The Morgan fingerprint density at radius 2 is 0.430 bits per heavy atom. The number of hydrogen-bond acceptors (Lipinski definition) is 2. The SMILES string of the molecule is CCC1=C(C)c2nc1c1nc(c(-c3c(F)c(F)c(F)c(F)c3F)c3ccc([nH]3)c(-c3c(F)c(F)c(F)c(F)c3F)c3ccc([nH]3)c(-c3c(F)c(F)c(F)c(F)c3F)c3ccc([nH]3)c2-c2c(F)c(F)c(F)c(F)c2F)C(C)=C1CC. The van der Waals surface area contributed by atoms with Crippen molar-refractivity contribution < 1.29 is 87.8 Å². The van der Waals surface area contributed by atoms with Crippen molar-refractivity contribution in [2.75, 3.05) is 0 Å². The summed E-state index contributed by atoms with van der Waals surface area (Å²) in [6.07, 6.45) is -0.312. The Balaban J connectivity index is 1.57. The molecule has 10 rings (SSSR count). The second-order valence-corrected chi connectivity index (χ2v) is 17.7. The highest BCUT2D eigenvalue weighted by atomic mass is 19.2. The highest BCUT2D eigenvalue weighted by Gasteiger charge is 2.37. The van der Waals surface area contributed by atoms with Gasteiger partial charge in [0.2, 0.25) is 23.3 Å². The summed E-state index contributed by atoms with van der Waals surface area (Å²) in [5.41, 5.74) is -19.0. The Hall–Kier alpha value is -8.64. The van der Waals surface area contributed by atoms with E-state index in [2.05, 4.69) is 24.9 Å². The number of rotatable bonds is 6. The van der Waals surface area contributed by atoms with E-state index in [-0.39, 0.29) is 46.5 Å². The van der Waals surface area contributed by atoms with Gasteiger partial charge in [-0.2, -0.15) is 0 Å². The molecule has 0 saturated carbocycles. The third-order valence-electron chi connectivity index (χ3n) is 13.6. The summed E-state index contributed by atoms with van der Waals surface area (Å²) in [5, 5.41) is 0. The molecule has 79 heavy (non-hydrogen) atoms. The molecule has 6 heterocycles. The molecular weight excluding hydrogens is 1100 g/mol. The van der Waals surface area contributed by atoms with Gasteiger partial charge in [-0.1, -0.05) is 13.8 Å². The Bertz CT molecular complexity index is 3980. The van der Waals surface area contributed by atoms with Gasteiger partial charge in [0, 0.05) is 55.4 Å². The van der Waals surface area contributed by atoms with Crippen LogP contribution >= 0.6 is 0 Å². The number of benzene rings is 4. The van der Waals surface area contributed by atoms with E-state index in [1.54, 1.807) is 0 Å². The van der Waals surface area contributed by atoms with E-state index >= 15 is 70.2 Å². The van der Waals surface area contributed by atoms with E-state index < -0.39 is 205 Å². The monoisotopic (exact) mass is 1120 g/mol. The van der Waals surface area contributed by atoms with Gasteiger partial charge >= 0.3 is 0 Å². The van der Waals surface area contributed by atoms with Crippen LogP contribution in [0.4, 0.5) is 87.8 Å². The molecule has 0 amide bonds. The van der Waals surface area contributed by atoms with Crippen LogP contribution in [-0.4, -0.2) is 24.9 Å². The molecule has 0 saturated heterocycles. The molecule has 3 N–H and O–H groups in total. The second-order valence-electron chi connectivity index (χ2n) is 17.7. The molecule has 0 spiro atoms. The number of aromatic amines is 3. The van der Waals surface area contributed by atoms with Gasteiger partial charge in [0.15, 0.2) is 93.1 Å². The zero-order valence-electron chi connectivity index (χ0n) is 39.8. The van der Waals surface area contributed by atoms with Gasteiger partial charge in [-0.3, -0.25) is 0 Å². The minimum absolute atomic E-state index is 0.0471. The normalized spacial score (nSPS) is 12.8. The zero-order valence-corrected chi connectivity index (χ0v) is 39.8. The first-order valence-corrected chi connectivity index (χ1v) is 22.8. The molecule has 0 radical (unpaired) electrons. The molecule has 2 aliphatic rings. The minimum atomic E-state index is -2.71.